The molecule has 0 N–H and O–H groups in total. The molecule has 0 aliphatic carbocycles. The molecule has 11 aromatic rings. The Kier molecular flexibility index (Phi) is 6.76. The highest BCUT2D eigenvalue weighted by Crippen LogP contribution is 2.45. The van der Waals surface area contributed by atoms with Gasteiger partial charge < -0.3 is 9.47 Å². The molecule has 0 radical (unpaired) electrons. The number of anilines is 3. The maximum absolute atomic E-state index is 2.46. The fraction of sp³-hybridized carbons (Fsp3) is 0. The molecule has 53 heavy (non-hydrogen) atoms. The molecule has 0 aliphatic heterocycles. The highest BCUT2D eigenvalue weighted by Gasteiger charge is 2.21. The molecule has 9 aromatic carbocycles. The molecule has 0 spiro atoms. The van der Waals surface area contributed by atoms with Crippen molar-refractivity contribution in [2.24, 2.45) is 0 Å². The summed E-state index contributed by atoms with van der Waals surface area (Å²) < 4.78 is 5.05. The topological polar surface area (TPSA) is 8.17 Å². The molecule has 0 fully saturated rings. The van der Waals surface area contributed by atoms with Crippen molar-refractivity contribution in [1.29, 1.82) is 0 Å². The van der Waals surface area contributed by atoms with E-state index in [9.17, 15) is 0 Å². The van der Waals surface area contributed by atoms with E-state index in [2.05, 4.69) is 204 Å². The van der Waals surface area contributed by atoms with Gasteiger partial charge in [0.25, 0.3) is 0 Å². The number of fused-ring (bicyclic) bond motifs is 9. The molecule has 0 unspecified atom stereocenters. The van der Waals surface area contributed by atoms with Gasteiger partial charge in [-0.25, -0.2) is 0 Å². The van der Waals surface area contributed by atoms with Crippen LogP contribution in [0.1, 0.15) is 0 Å². The minimum Gasteiger partial charge on any atom is -0.310 e. The molecule has 0 bridgehead atoms. The lowest BCUT2D eigenvalue weighted by atomic mass is 10.0. The van der Waals surface area contributed by atoms with Gasteiger partial charge in [0.2, 0.25) is 0 Å². The molecule has 2 nitrogen and oxygen atoms in total. The predicted molar refractivity (Wildman–Crippen MR) is 229 cm³/mol. The van der Waals surface area contributed by atoms with Crippen LogP contribution in [0.4, 0.5) is 17.1 Å². The summed E-state index contributed by atoms with van der Waals surface area (Å²) in [5.74, 6) is 0. The van der Waals surface area contributed by atoms with Crippen LogP contribution in [0.3, 0.4) is 0 Å². The third-order valence-corrected chi connectivity index (χ3v) is 11.9. The molecule has 2 aromatic heterocycles. The maximum Gasteiger partial charge on any atom is 0.0619 e. The van der Waals surface area contributed by atoms with Crippen LogP contribution < -0.4 is 4.90 Å². The fourth-order valence-electron chi connectivity index (χ4n) is 8.31. The van der Waals surface area contributed by atoms with Crippen molar-refractivity contribution in [2.45, 2.75) is 0 Å². The van der Waals surface area contributed by atoms with E-state index in [1.54, 1.807) is 0 Å². The first-order valence-electron chi connectivity index (χ1n) is 18.1. The molecular formula is C50H32N2S. The van der Waals surface area contributed by atoms with Crippen molar-refractivity contribution in [3.8, 4) is 16.8 Å². The van der Waals surface area contributed by atoms with Crippen molar-refractivity contribution in [1.82, 2.24) is 4.57 Å². The quantitative estimate of drug-likeness (QED) is 0.174. The summed E-state index contributed by atoms with van der Waals surface area (Å²) in [7, 11) is 0. The van der Waals surface area contributed by atoms with E-state index in [0.717, 1.165) is 17.1 Å². The monoisotopic (exact) mass is 692 g/mol. The molecule has 0 atom stereocenters. The van der Waals surface area contributed by atoms with Crippen LogP contribution in [0.2, 0.25) is 0 Å². The van der Waals surface area contributed by atoms with Crippen molar-refractivity contribution in [3.63, 3.8) is 0 Å². The van der Waals surface area contributed by atoms with Crippen molar-refractivity contribution >= 4 is 91.9 Å². The van der Waals surface area contributed by atoms with Crippen LogP contribution in [0.15, 0.2) is 194 Å². The summed E-state index contributed by atoms with van der Waals surface area (Å²) >= 11 is 1.86. The minimum absolute atomic E-state index is 1.12. The van der Waals surface area contributed by atoms with Crippen molar-refractivity contribution < 1.29 is 0 Å². The normalized spacial score (nSPS) is 11.8. The molecule has 0 aliphatic rings. The van der Waals surface area contributed by atoms with E-state index in [0.29, 0.717) is 0 Å². The van der Waals surface area contributed by atoms with Gasteiger partial charge in [-0.1, -0.05) is 140 Å². The molecule has 0 amide bonds. The smallest absolute Gasteiger partial charge is 0.0619 e. The molecule has 11 rings (SSSR count). The Morgan fingerprint density at radius 2 is 1.06 bits per heavy atom. The summed E-state index contributed by atoms with van der Waals surface area (Å²) in [5, 5.41) is 10.0. The Labute approximate surface area is 311 Å². The summed E-state index contributed by atoms with van der Waals surface area (Å²) in [6.45, 7) is 0. The highest BCUT2D eigenvalue weighted by molar-refractivity contribution is 7.25. The van der Waals surface area contributed by atoms with Gasteiger partial charge in [0, 0.05) is 59.0 Å². The molecule has 3 heteroatoms. The number of hydrogen-bond donors (Lipinski definition) is 0. The summed E-state index contributed by atoms with van der Waals surface area (Å²) in [6, 6.07) is 71.0. The van der Waals surface area contributed by atoms with Crippen LogP contribution in [0.25, 0.3) is 80.3 Å². The highest BCUT2D eigenvalue weighted by atomic mass is 32.1. The number of hydrogen-bond acceptors (Lipinski definition) is 2. The lowest BCUT2D eigenvalue weighted by molar-refractivity contribution is 1.19. The SMILES string of the molecule is c1ccc(-c2ccccc2N(c2ccc3c(ccc4c5ccccc5n(-c5ccc6ccccc6c5)c34)c2)c2ccc3c(c2)sc2ccccc23)cc1. The van der Waals surface area contributed by atoms with Gasteiger partial charge in [-0.3, -0.25) is 0 Å². The zero-order chi connectivity index (χ0) is 34.9. The molecule has 0 saturated heterocycles. The summed E-state index contributed by atoms with van der Waals surface area (Å²) in [5.41, 5.74) is 9.39. The Morgan fingerprint density at radius 1 is 0.396 bits per heavy atom. The number of thiophene rings is 1. The molecular weight excluding hydrogens is 661 g/mol. The predicted octanol–water partition coefficient (Wildman–Crippen LogP) is 14.6. The Hall–Kier alpha value is -6.68. The van der Waals surface area contributed by atoms with Gasteiger partial charge >= 0.3 is 0 Å². The molecule has 2 heterocycles. The van der Waals surface area contributed by atoms with Crippen molar-refractivity contribution in [2.75, 3.05) is 4.90 Å². The Balaban J connectivity index is 1.16. The lowest BCUT2D eigenvalue weighted by Gasteiger charge is -2.28. The number of benzene rings is 9. The maximum atomic E-state index is 2.46. The lowest BCUT2D eigenvalue weighted by Crippen LogP contribution is -2.11. The second-order valence-electron chi connectivity index (χ2n) is 13.7. The van der Waals surface area contributed by atoms with E-state index >= 15 is 0 Å². The zero-order valence-corrected chi connectivity index (χ0v) is 29.6. The Morgan fingerprint density at radius 3 is 1.96 bits per heavy atom. The second kappa shape index (κ2) is 11.9. The average molecular weight is 693 g/mol. The van der Waals surface area contributed by atoms with Crippen LogP contribution >= 0.6 is 11.3 Å². The van der Waals surface area contributed by atoms with Gasteiger partial charge in [-0.05, 0) is 76.3 Å². The zero-order valence-electron chi connectivity index (χ0n) is 28.8. The van der Waals surface area contributed by atoms with Crippen LogP contribution in [0, 0.1) is 0 Å². The third kappa shape index (κ3) is 4.78. The van der Waals surface area contributed by atoms with E-state index in [1.165, 1.54) is 80.3 Å². The second-order valence-corrected chi connectivity index (χ2v) is 14.8. The third-order valence-electron chi connectivity index (χ3n) is 10.7. The van der Waals surface area contributed by atoms with Crippen molar-refractivity contribution in [3.05, 3.63) is 194 Å². The molecule has 0 saturated carbocycles. The number of nitrogens with zero attached hydrogens (tertiary/aromatic N) is 2. The van der Waals surface area contributed by atoms with E-state index in [-0.39, 0.29) is 0 Å². The first-order chi connectivity index (χ1) is 26.3. The first-order valence-corrected chi connectivity index (χ1v) is 18.9. The van der Waals surface area contributed by atoms with Crippen LogP contribution in [0.5, 0.6) is 0 Å². The summed E-state index contributed by atoms with van der Waals surface area (Å²) in [4.78, 5) is 2.44. The summed E-state index contributed by atoms with van der Waals surface area (Å²) in [6.07, 6.45) is 0. The minimum atomic E-state index is 1.12. The van der Waals surface area contributed by atoms with Gasteiger partial charge in [0.15, 0.2) is 0 Å². The Bertz CT molecular complexity index is 3190. The average Bonchev–Trinajstić information content (AvgIpc) is 3.77. The standard InChI is InChI=1S/C50H32N2S/c1-2-13-34(14-3-1)40-16-6-9-19-46(40)51(39-26-29-44-43-18-8-11-21-48(43)53-49(44)32-39)37-25-28-41-36(31-37)23-27-45-42-17-7-10-20-47(42)52(50(41)45)38-24-22-33-12-4-5-15-35(33)30-38/h1-32H. The number of rotatable bonds is 5. The van der Waals surface area contributed by atoms with Gasteiger partial charge in [-0.2, -0.15) is 0 Å². The van der Waals surface area contributed by atoms with Crippen LogP contribution in [-0.2, 0) is 0 Å². The fourth-order valence-corrected chi connectivity index (χ4v) is 9.45. The number of para-hydroxylation sites is 2. The van der Waals surface area contributed by atoms with Gasteiger partial charge in [0.05, 0.1) is 16.7 Å². The first kappa shape index (κ1) is 30.0. The van der Waals surface area contributed by atoms with E-state index in [1.807, 2.05) is 11.3 Å². The van der Waals surface area contributed by atoms with E-state index in [4.69, 9.17) is 0 Å². The van der Waals surface area contributed by atoms with Gasteiger partial charge in [-0.15, -0.1) is 11.3 Å². The van der Waals surface area contributed by atoms with E-state index < -0.39 is 0 Å². The van der Waals surface area contributed by atoms with Crippen LogP contribution in [-0.4, -0.2) is 4.57 Å². The largest absolute Gasteiger partial charge is 0.310 e. The number of aromatic nitrogens is 1. The van der Waals surface area contributed by atoms with Gasteiger partial charge in [0.1, 0.15) is 0 Å². The molecule has 248 valence electrons.